The van der Waals surface area contributed by atoms with Crippen LogP contribution in [0.4, 0.5) is 6.01 Å². The van der Waals surface area contributed by atoms with Crippen LogP contribution in [0.1, 0.15) is 32.1 Å². The Kier molecular flexibility index (Phi) is 4.09. The minimum atomic E-state index is -0.0504. The van der Waals surface area contributed by atoms with Gasteiger partial charge in [-0.15, -0.1) is 0 Å². The third kappa shape index (κ3) is 3.56. The summed E-state index contributed by atoms with van der Waals surface area (Å²) in [5, 5.41) is 3.84. The molecule has 0 spiro atoms. The molecule has 2 aromatic heterocycles. The van der Waals surface area contributed by atoms with Crippen LogP contribution in [0.15, 0.2) is 29.0 Å². The Morgan fingerprint density at radius 1 is 1.29 bits per heavy atom. The molecular weight excluding hydrogens is 270 g/mol. The van der Waals surface area contributed by atoms with Gasteiger partial charge >= 0.3 is 6.01 Å². The lowest BCUT2D eigenvalue weighted by molar-refractivity contribution is -0.121. The molecule has 0 radical (unpaired) electrons. The Labute approximate surface area is 122 Å². The SMILES string of the molecule is O=C(CC1CCCC1)NNc1nc(-c2ccncc2)no1. The largest absolute Gasteiger partial charge is 0.340 e. The molecule has 0 aromatic carbocycles. The zero-order chi connectivity index (χ0) is 14.5. The molecule has 7 heteroatoms. The van der Waals surface area contributed by atoms with Gasteiger partial charge in [-0.2, -0.15) is 4.98 Å². The van der Waals surface area contributed by atoms with Crippen LogP contribution in [0.3, 0.4) is 0 Å². The van der Waals surface area contributed by atoms with Crippen molar-refractivity contribution in [1.29, 1.82) is 0 Å². The first-order valence-electron chi connectivity index (χ1n) is 7.10. The smallest absolute Gasteiger partial charge is 0.313 e. The fourth-order valence-electron chi connectivity index (χ4n) is 2.54. The molecule has 0 atom stereocenters. The summed E-state index contributed by atoms with van der Waals surface area (Å²) < 4.78 is 5.03. The number of carbonyl (C=O) groups is 1. The van der Waals surface area contributed by atoms with E-state index in [0.29, 0.717) is 18.2 Å². The van der Waals surface area contributed by atoms with Crippen molar-refractivity contribution in [3.05, 3.63) is 24.5 Å². The predicted octanol–water partition coefficient (Wildman–Crippen LogP) is 2.15. The molecule has 0 bridgehead atoms. The van der Waals surface area contributed by atoms with E-state index in [0.717, 1.165) is 18.4 Å². The van der Waals surface area contributed by atoms with Crippen molar-refractivity contribution in [3.8, 4) is 11.4 Å². The van der Waals surface area contributed by atoms with Gasteiger partial charge in [0.25, 0.3) is 0 Å². The number of nitrogens with one attached hydrogen (secondary N) is 2. The van der Waals surface area contributed by atoms with E-state index in [4.69, 9.17) is 4.52 Å². The summed E-state index contributed by atoms with van der Waals surface area (Å²) in [5.41, 5.74) is 6.05. The average Bonchev–Trinajstić information content (AvgIpc) is 3.17. The van der Waals surface area contributed by atoms with Crippen LogP contribution in [-0.4, -0.2) is 21.0 Å². The minimum Gasteiger partial charge on any atom is -0.313 e. The van der Waals surface area contributed by atoms with Crippen LogP contribution in [0.5, 0.6) is 0 Å². The molecule has 21 heavy (non-hydrogen) atoms. The number of aromatic nitrogens is 3. The van der Waals surface area contributed by atoms with Gasteiger partial charge in [-0.1, -0.05) is 18.0 Å². The number of amides is 1. The Morgan fingerprint density at radius 2 is 2.05 bits per heavy atom. The molecule has 1 aliphatic rings. The maximum absolute atomic E-state index is 11.8. The third-order valence-corrected chi connectivity index (χ3v) is 3.62. The zero-order valence-electron chi connectivity index (χ0n) is 11.6. The number of hydrogen-bond acceptors (Lipinski definition) is 6. The summed E-state index contributed by atoms with van der Waals surface area (Å²) >= 11 is 0. The molecule has 7 nitrogen and oxygen atoms in total. The second kappa shape index (κ2) is 6.34. The number of rotatable bonds is 5. The second-order valence-corrected chi connectivity index (χ2v) is 5.19. The quantitative estimate of drug-likeness (QED) is 0.818. The number of carbonyl (C=O) groups excluding carboxylic acids is 1. The Morgan fingerprint density at radius 3 is 2.81 bits per heavy atom. The summed E-state index contributed by atoms with van der Waals surface area (Å²) in [5.74, 6) is 0.900. The Balaban J connectivity index is 1.51. The lowest BCUT2D eigenvalue weighted by Gasteiger charge is -2.08. The van der Waals surface area contributed by atoms with Gasteiger partial charge in [0.1, 0.15) is 0 Å². The molecule has 1 amide bonds. The van der Waals surface area contributed by atoms with Gasteiger partial charge in [0, 0.05) is 24.4 Å². The molecule has 110 valence electrons. The molecule has 2 heterocycles. The van der Waals surface area contributed by atoms with Crippen LogP contribution in [-0.2, 0) is 4.79 Å². The molecule has 2 aromatic rings. The highest BCUT2D eigenvalue weighted by molar-refractivity contribution is 5.77. The van der Waals surface area contributed by atoms with Crippen molar-refractivity contribution in [2.45, 2.75) is 32.1 Å². The van der Waals surface area contributed by atoms with Crippen LogP contribution >= 0.6 is 0 Å². The number of hydrogen-bond donors (Lipinski definition) is 2. The van der Waals surface area contributed by atoms with Gasteiger partial charge in [0.15, 0.2) is 0 Å². The number of nitrogens with zero attached hydrogens (tertiary/aromatic N) is 3. The summed E-state index contributed by atoms with van der Waals surface area (Å²) in [6.07, 6.45) is 8.58. The van der Waals surface area contributed by atoms with E-state index < -0.39 is 0 Å². The van der Waals surface area contributed by atoms with E-state index in [2.05, 4.69) is 26.0 Å². The van der Waals surface area contributed by atoms with E-state index in [1.165, 1.54) is 12.8 Å². The van der Waals surface area contributed by atoms with Crippen LogP contribution < -0.4 is 10.9 Å². The highest BCUT2D eigenvalue weighted by Crippen LogP contribution is 2.27. The van der Waals surface area contributed by atoms with Crippen molar-refractivity contribution in [1.82, 2.24) is 20.6 Å². The maximum atomic E-state index is 11.8. The van der Waals surface area contributed by atoms with Crippen molar-refractivity contribution in [2.24, 2.45) is 5.92 Å². The molecule has 1 fully saturated rings. The lowest BCUT2D eigenvalue weighted by Crippen LogP contribution is -2.30. The van der Waals surface area contributed by atoms with Gasteiger partial charge in [-0.25, -0.2) is 5.43 Å². The first-order chi connectivity index (χ1) is 10.3. The molecule has 2 N–H and O–H groups in total. The minimum absolute atomic E-state index is 0.0504. The van der Waals surface area contributed by atoms with Gasteiger partial charge < -0.3 is 4.52 Å². The number of anilines is 1. The van der Waals surface area contributed by atoms with Crippen LogP contribution in [0.25, 0.3) is 11.4 Å². The topological polar surface area (TPSA) is 92.9 Å². The highest BCUT2D eigenvalue weighted by atomic mass is 16.5. The third-order valence-electron chi connectivity index (χ3n) is 3.62. The molecule has 0 aliphatic heterocycles. The van der Waals surface area contributed by atoms with Crippen molar-refractivity contribution < 1.29 is 9.32 Å². The maximum Gasteiger partial charge on any atom is 0.340 e. The Bertz CT molecular complexity index is 592. The molecule has 0 saturated heterocycles. The molecule has 3 rings (SSSR count). The molecule has 1 saturated carbocycles. The Hall–Kier alpha value is -2.44. The van der Waals surface area contributed by atoms with Crippen LogP contribution in [0.2, 0.25) is 0 Å². The first kappa shape index (κ1) is 13.5. The number of hydrazine groups is 1. The van der Waals surface area contributed by atoms with E-state index in [1.54, 1.807) is 24.5 Å². The van der Waals surface area contributed by atoms with E-state index in [9.17, 15) is 4.79 Å². The lowest BCUT2D eigenvalue weighted by atomic mass is 10.0. The molecule has 0 unspecified atom stereocenters. The standard InChI is InChI=1S/C14H17N5O2/c20-12(9-10-3-1-2-4-10)17-18-14-16-13(19-21-14)11-5-7-15-8-6-11/h5-8,10H,1-4,9H2,(H,17,20)(H,16,18,19). The van der Waals surface area contributed by atoms with E-state index >= 15 is 0 Å². The monoisotopic (exact) mass is 287 g/mol. The number of pyridine rings is 1. The van der Waals surface area contributed by atoms with Gasteiger partial charge in [0.05, 0.1) is 0 Å². The van der Waals surface area contributed by atoms with Crippen molar-refractivity contribution in [2.75, 3.05) is 5.43 Å². The normalized spacial score (nSPS) is 15.0. The van der Waals surface area contributed by atoms with Gasteiger partial charge in [0.2, 0.25) is 11.7 Å². The zero-order valence-corrected chi connectivity index (χ0v) is 11.6. The van der Waals surface area contributed by atoms with Crippen LogP contribution in [0, 0.1) is 5.92 Å². The van der Waals surface area contributed by atoms with Gasteiger partial charge in [-0.3, -0.25) is 15.2 Å². The summed E-state index contributed by atoms with van der Waals surface area (Å²) in [7, 11) is 0. The summed E-state index contributed by atoms with van der Waals surface area (Å²) in [6.45, 7) is 0. The van der Waals surface area contributed by atoms with Crippen molar-refractivity contribution >= 4 is 11.9 Å². The summed E-state index contributed by atoms with van der Waals surface area (Å²) in [4.78, 5) is 19.9. The highest BCUT2D eigenvalue weighted by Gasteiger charge is 2.18. The fraction of sp³-hybridized carbons (Fsp3) is 0.429. The van der Waals surface area contributed by atoms with Crippen molar-refractivity contribution in [3.63, 3.8) is 0 Å². The van der Waals surface area contributed by atoms with E-state index in [-0.39, 0.29) is 11.9 Å². The predicted molar refractivity (Wildman–Crippen MR) is 75.9 cm³/mol. The molecule has 1 aliphatic carbocycles. The second-order valence-electron chi connectivity index (χ2n) is 5.19. The average molecular weight is 287 g/mol. The fourth-order valence-corrected chi connectivity index (χ4v) is 2.54. The summed E-state index contributed by atoms with van der Waals surface area (Å²) in [6, 6.07) is 3.74. The van der Waals surface area contributed by atoms with E-state index in [1.807, 2.05) is 0 Å². The van der Waals surface area contributed by atoms with Gasteiger partial charge in [-0.05, 0) is 30.9 Å². The molecular formula is C14H17N5O2. The first-order valence-corrected chi connectivity index (χ1v) is 7.10.